The van der Waals surface area contributed by atoms with Crippen molar-refractivity contribution in [3.63, 3.8) is 0 Å². The van der Waals surface area contributed by atoms with E-state index in [0.717, 1.165) is 24.2 Å². The van der Waals surface area contributed by atoms with Crippen molar-refractivity contribution in [1.82, 2.24) is 21.0 Å². The maximum absolute atomic E-state index is 11.4. The first-order valence-corrected chi connectivity index (χ1v) is 4.43. The van der Waals surface area contributed by atoms with Crippen molar-refractivity contribution >= 4 is 18.3 Å². The Morgan fingerprint density at radius 2 is 2.40 bits per heavy atom. The summed E-state index contributed by atoms with van der Waals surface area (Å²) in [7, 11) is 1.40. The number of amides is 1. The zero-order chi connectivity index (χ0) is 9.97. The van der Waals surface area contributed by atoms with Gasteiger partial charge in [0.15, 0.2) is 5.69 Å². The minimum absolute atomic E-state index is 0. The molecular formula is C8H13ClN4O2. The summed E-state index contributed by atoms with van der Waals surface area (Å²) in [5.74, 6) is -0.311. The van der Waals surface area contributed by atoms with Crippen molar-refractivity contribution < 1.29 is 9.63 Å². The van der Waals surface area contributed by atoms with Crippen LogP contribution in [0.5, 0.6) is 0 Å². The van der Waals surface area contributed by atoms with Crippen LogP contribution in [0.25, 0.3) is 0 Å². The van der Waals surface area contributed by atoms with Crippen molar-refractivity contribution in [2.45, 2.75) is 13.0 Å². The highest BCUT2D eigenvalue weighted by Gasteiger charge is 2.21. The second-order valence-electron chi connectivity index (χ2n) is 3.09. The van der Waals surface area contributed by atoms with Gasteiger partial charge in [-0.05, 0) is 0 Å². The molecule has 0 spiro atoms. The van der Waals surface area contributed by atoms with Crippen LogP contribution in [0, 0.1) is 0 Å². The minimum atomic E-state index is -0.311. The Morgan fingerprint density at radius 3 is 3.13 bits per heavy atom. The zero-order valence-electron chi connectivity index (χ0n) is 8.29. The van der Waals surface area contributed by atoms with Gasteiger partial charge in [0.1, 0.15) is 0 Å². The SMILES string of the molecule is CONC(=O)c1n[nH]c2c1CNCC2.Cl. The number of nitrogens with one attached hydrogen (secondary N) is 3. The average Bonchev–Trinajstić information content (AvgIpc) is 2.61. The maximum atomic E-state index is 11.4. The Morgan fingerprint density at radius 1 is 1.60 bits per heavy atom. The first kappa shape index (κ1) is 12.0. The maximum Gasteiger partial charge on any atom is 0.295 e. The fourth-order valence-corrected chi connectivity index (χ4v) is 1.55. The van der Waals surface area contributed by atoms with Crippen LogP contribution in [0.15, 0.2) is 0 Å². The zero-order valence-corrected chi connectivity index (χ0v) is 9.11. The van der Waals surface area contributed by atoms with Crippen LogP contribution in [-0.2, 0) is 17.8 Å². The molecule has 0 aromatic carbocycles. The molecule has 3 N–H and O–H groups in total. The second-order valence-corrected chi connectivity index (χ2v) is 3.09. The van der Waals surface area contributed by atoms with Crippen molar-refractivity contribution in [2.24, 2.45) is 0 Å². The number of nitrogens with zero attached hydrogens (tertiary/aromatic N) is 1. The van der Waals surface area contributed by atoms with Crippen LogP contribution in [-0.4, -0.2) is 29.8 Å². The quantitative estimate of drug-likeness (QED) is 0.616. The number of hydrogen-bond acceptors (Lipinski definition) is 4. The van der Waals surface area contributed by atoms with Gasteiger partial charge in [0, 0.05) is 30.8 Å². The van der Waals surface area contributed by atoms with E-state index in [1.165, 1.54) is 7.11 Å². The summed E-state index contributed by atoms with van der Waals surface area (Å²) in [4.78, 5) is 16.0. The molecule has 84 valence electrons. The number of rotatable bonds is 2. The molecule has 2 rings (SSSR count). The third-order valence-electron chi connectivity index (χ3n) is 2.22. The van der Waals surface area contributed by atoms with Crippen LogP contribution in [0.2, 0.25) is 0 Å². The summed E-state index contributed by atoms with van der Waals surface area (Å²) >= 11 is 0. The number of aromatic nitrogens is 2. The number of hydroxylamine groups is 1. The van der Waals surface area contributed by atoms with Gasteiger partial charge < -0.3 is 5.32 Å². The number of aromatic amines is 1. The van der Waals surface area contributed by atoms with E-state index in [1.807, 2.05) is 0 Å². The molecule has 0 saturated carbocycles. The van der Waals surface area contributed by atoms with Crippen LogP contribution >= 0.6 is 12.4 Å². The van der Waals surface area contributed by atoms with Gasteiger partial charge >= 0.3 is 0 Å². The largest absolute Gasteiger partial charge is 0.312 e. The van der Waals surface area contributed by atoms with Gasteiger partial charge in [-0.2, -0.15) is 5.10 Å². The fraction of sp³-hybridized carbons (Fsp3) is 0.500. The van der Waals surface area contributed by atoms with Gasteiger partial charge in [-0.1, -0.05) is 0 Å². The van der Waals surface area contributed by atoms with E-state index in [2.05, 4.69) is 25.8 Å². The van der Waals surface area contributed by atoms with E-state index in [0.29, 0.717) is 12.2 Å². The Kier molecular flexibility index (Phi) is 4.07. The van der Waals surface area contributed by atoms with E-state index in [1.54, 1.807) is 0 Å². The standard InChI is InChI=1S/C8H12N4O2.ClH/c1-14-12-8(13)7-5-4-9-3-2-6(5)10-11-7;/h9H,2-4H2,1H3,(H,10,11)(H,12,13);1H. The van der Waals surface area contributed by atoms with Crippen LogP contribution in [0.4, 0.5) is 0 Å². The average molecular weight is 233 g/mol. The highest BCUT2D eigenvalue weighted by atomic mass is 35.5. The minimum Gasteiger partial charge on any atom is -0.312 e. The first-order valence-electron chi connectivity index (χ1n) is 4.43. The predicted octanol–water partition coefficient (Wildman–Crippen LogP) is -0.232. The molecule has 1 aromatic heterocycles. The second kappa shape index (κ2) is 5.11. The molecular weight excluding hydrogens is 220 g/mol. The van der Waals surface area contributed by atoms with Crippen molar-refractivity contribution in [1.29, 1.82) is 0 Å². The summed E-state index contributed by atoms with van der Waals surface area (Å²) in [5.41, 5.74) is 4.63. The molecule has 0 saturated heterocycles. The molecule has 0 unspecified atom stereocenters. The smallest absolute Gasteiger partial charge is 0.295 e. The topological polar surface area (TPSA) is 79.0 Å². The summed E-state index contributed by atoms with van der Waals surface area (Å²) in [6, 6.07) is 0. The predicted molar refractivity (Wildman–Crippen MR) is 55.7 cm³/mol. The number of H-pyrrole nitrogens is 1. The monoisotopic (exact) mass is 232 g/mol. The lowest BCUT2D eigenvalue weighted by molar-refractivity contribution is 0.0531. The molecule has 1 amide bonds. The van der Waals surface area contributed by atoms with E-state index in [4.69, 9.17) is 0 Å². The van der Waals surface area contributed by atoms with Gasteiger partial charge in [-0.25, -0.2) is 5.48 Å². The molecule has 0 fully saturated rings. The molecule has 1 aliphatic rings. The molecule has 0 bridgehead atoms. The Hall–Kier alpha value is -1.11. The number of halogens is 1. The summed E-state index contributed by atoms with van der Waals surface area (Å²) in [6.45, 7) is 1.60. The van der Waals surface area contributed by atoms with Gasteiger partial charge in [0.2, 0.25) is 0 Å². The van der Waals surface area contributed by atoms with E-state index >= 15 is 0 Å². The Bertz CT molecular complexity index is 352. The molecule has 7 heteroatoms. The van der Waals surface area contributed by atoms with E-state index in [9.17, 15) is 4.79 Å². The third kappa shape index (κ3) is 2.28. The molecule has 0 atom stereocenters. The van der Waals surface area contributed by atoms with Gasteiger partial charge in [-0.15, -0.1) is 12.4 Å². The lowest BCUT2D eigenvalue weighted by atomic mass is 10.1. The molecule has 1 aromatic rings. The van der Waals surface area contributed by atoms with Crippen LogP contribution in [0.3, 0.4) is 0 Å². The number of carbonyl (C=O) groups excluding carboxylic acids is 1. The highest BCUT2D eigenvalue weighted by Crippen LogP contribution is 2.14. The molecule has 6 nitrogen and oxygen atoms in total. The van der Waals surface area contributed by atoms with Crippen LogP contribution < -0.4 is 10.8 Å². The molecule has 1 aliphatic heterocycles. The summed E-state index contributed by atoms with van der Waals surface area (Å²) in [5, 5.41) is 10.0. The lowest BCUT2D eigenvalue weighted by Gasteiger charge is -2.12. The third-order valence-corrected chi connectivity index (χ3v) is 2.22. The molecule has 0 aliphatic carbocycles. The van der Waals surface area contributed by atoms with Crippen LogP contribution in [0.1, 0.15) is 21.7 Å². The lowest BCUT2D eigenvalue weighted by Crippen LogP contribution is -2.27. The molecule has 2 heterocycles. The molecule has 0 radical (unpaired) electrons. The first-order chi connectivity index (χ1) is 6.83. The Balaban J connectivity index is 0.00000112. The normalized spacial score (nSPS) is 13.9. The summed E-state index contributed by atoms with van der Waals surface area (Å²) < 4.78 is 0. The van der Waals surface area contributed by atoms with Gasteiger partial charge in [0.05, 0.1) is 7.11 Å². The number of carbonyl (C=O) groups is 1. The Labute approximate surface area is 93.1 Å². The fourth-order valence-electron chi connectivity index (χ4n) is 1.55. The molecule has 15 heavy (non-hydrogen) atoms. The van der Waals surface area contributed by atoms with E-state index in [-0.39, 0.29) is 18.3 Å². The van der Waals surface area contributed by atoms with Crippen molar-refractivity contribution in [2.75, 3.05) is 13.7 Å². The van der Waals surface area contributed by atoms with Crippen molar-refractivity contribution in [3.8, 4) is 0 Å². The highest BCUT2D eigenvalue weighted by molar-refractivity contribution is 5.93. The van der Waals surface area contributed by atoms with Crippen molar-refractivity contribution in [3.05, 3.63) is 17.0 Å². The summed E-state index contributed by atoms with van der Waals surface area (Å²) in [6.07, 6.45) is 0.878. The number of hydrogen-bond donors (Lipinski definition) is 3. The number of fused-ring (bicyclic) bond motifs is 1. The van der Waals surface area contributed by atoms with Gasteiger partial charge in [-0.3, -0.25) is 14.7 Å². The van der Waals surface area contributed by atoms with E-state index < -0.39 is 0 Å². The van der Waals surface area contributed by atoms with Gasteiger partial charge in [0.25, 0.3) is 5.91 Å².